The molecule has 1 heterocycles. The lowest BCUT2D eigenvalue weighted by molar-refractivity contribution is 0.104. The van der Waals surface area contributed by atoms with Crippen LogP contribution in [0.15, 0.2) is 24.3 Å². The monoisotopic (exact) mass is 338 g/mol. The molecule has 0 bridgehead atoms. The number of rotatable bonds is 5. The lowest BCUT2D eigenvalue weighted by Gasteiger charge is -2.05. The number of carbonyl (C=O) groups excluding carboxylic acids is 1. The largest absolute Gasteiger partial charge is 0.289 e. The molecule has 0 saturated carbocycles. The van der Waals surface area contributed by atoms with Gasteiger partial charge in [-0.25, -0.2) is 8.78 Å². The molecule has 0 unspecified atom stereocenters. The van der Waals surface area contributed by atoms with Gasteiger partial charge >= 0.3 is 0 Å². The van der Waals surface area contributed by atoms with Crippen LogP contribution in [0.1, 0.15) is 35.5 Å². The molecule has 0 N–H and O–H groups in total. The summed E-state index contributed by atoms with van der Waals surface area (Å²) in [5, 5.41) is 4.79. The summed E-state index contributed by atoms with van der Waals surface area (Å²) in [5.41, 5.74) is 1.41. The Bertz CT molecular complexity index is 766. The second-order valence-electron chi connectivity index (χ2n) is 5.69. The molecule has 0 atom stereocenters. The summed E-state index contributed by atoms with van der Waals surface area (Å²) in [6.07, 6.45) is 2.83. The Morgan fingerprint density at radius 3 is 2.65 bits per heavy atom. The van der Waals surface area contributed by atoms with E-state index in [9.17, 15) is 13.6 Å². The maximum Gasteiger partial charge on any atom is 0.185 e. The number of hydrogen-bond acceptors (Lipinski definition) is 2. The summed E-state index contributed by atoms with van der Waals surface area (Å²) in [7, 11) is 0. The van der Waals surface area contributed by atoms with Crippen molar-refractivity contribution in [1.82, 2.24) is 9.78 Å². The maximum absolute atomic E-state index is 13.2. The van der Waals surface area contributed by atoms with E-state index in [4.69, 9.17) is 11.6 Å². The SMILES string of the molecule is Cc1nn(CC(C)C)c(Cl)c1/C=C/C(=O)c1ccc(F)c(F)c1. The lowest BCUT2D eigenvalue weighted by atomic mass is 10.1. The number of nitrogens with zero attached hydrogens (tertiary/aromatic N) is 2. The van der Waals surface area contributed by atoms with Crippen molar-refractivity contribution < 1.29 is 13.6 Å². The van der Waals surface area contributed by atoms with Crippen LogP contribution in [0.3, 0.4) is 0 Å². The van der Waals surface area contributed by atoms with Crippen molar-refractivity contribution in [2.45, 2.75) is 27.3 Å². The predicted molar refractivity (Wildman–Crippen MR) is 86.5 cm³/mol. The zero-order valence-electron chi connectivity index (χ0n) is 13.1. The smallest absolute Gasteiger partial charge is 0.185 e. The van der Waals surface area contributed by atoms with Crippen LogP contribution in [0.2, 0.25) is 5.15 Å². The van der Waals surface area contributed by atoms with E-state index >= 15 is 0 Å². The number of ketones is 1. The van der Waals surface area contributed by atoms with Crippen molar-refractivity contribution in [3.05, 3.63) is 57.9 Å². The minimum atomic E-state index is -1.05. The van der Waals surface area contributed by atoms with Gasteiger partial charge < -0.3 is 0 Å². The molecular weight excluding hydrogens is 322 g/mol. The van der Waals surface area contributed by atoms with Gasteiger partial charge in [0.2, 0.25) is 0 Å². The molecule has 0 spiro atoms. The van der Waals surface area contributed by atoms with E-state index in [0.717, 1.165) is 12.1 Å². The van der Waals surface area contributed by atoms with Gasteiger partial charge in [0.25, 0.3) is 0 Å². The highest BCUT2D eigenvalue weighted by atomic mass is 35.5. The lowest BCUT2D eigenvalue weighted by Crippen LogP contribution is -2.06. The Balaban J connectivity index is 2.24. The maximum atomic E-state index is 13.2. The Kier molecular flexibility index (Phi) is 5.31. The first kappa shape index (κ1) is 17.3. The van der Waals surface area contributed by atoms with Crippen LogP contribution in [0.25, 0.3) is 6.08 Å². The summed E-state index contributed by atoms with van der Waals surface area (Å²) in [5.74, 6) is -2.09. The van der Waals surface area contributed by atoms with Crippen molar-refractivity contribution in [2.75, 3.05) is 0 Å². The third kappa shape index (κ3) is 4.05. The zero-order valence-corrected chi connectivity index (χ0v) is 13.9. The van der Waals surface area contributed by atoms with Crippen LogP contribution >= 0.6 is 11.6 Å². The Morgan fingerprint density at radius 1 is 1.35 bits per heavy atom. The first-order valence-corrected chi connectivity index (χ1v) is 7.57. The minimum Gasteiger partial charge on any atom is -0.289 e. The zero-order chi connectivity index (χ0) is 17.1. The van der Waals surface area contributed by atoms with E-state index in [1.54, 1.807) is 17.7 Å². The molecule has 6 heteroatoms. The van der Waals surface area contributed by atoms with Gasteiger partial charge in [-0.2, -0.15) is 5.10 Å². The van der Waals surface area contributed by atoms with Crippen molar-refractivity contribution in [3.63, 3.8) is 0 Å². The summed E-state index contributed by atoms with van der Waals surface area (Å²) in [6.45, 7) is 6.57. The van der Waals surface area contributed by atoms with Gasteiger partial charge in [-0.05, 0) is 43.2 Å². The van der Waals surface area contributed by atoms with Gasteiger partial charge in [0, 0.05) is 17.7 Å². The first-order valence-electron chi connectivity index (χ1n) is 7.20. The summed E-state index contributed by atoms with van der Waals surface area (Å²) in [4.78, 5) is 12.0. The van der Waals surface area contributed by atoms with E-state index in [1.807, 2.05) is 0 Å². The number of carbonyl (C=O) groups is 1. The fraction of sp³-hybridized carbons (Fsp3) is 0.294. The van der Waals surface area contributed by atoms with Crippen molar-refractivity contribution in [3.8, 4) is 0 Å². The standard InChI is InChI=1S/C17H17ClF2N2O/c1-10(2)9-22-17(18)13(11(3)21-22)5-7-16(23)12-4-6-14(19)15(20)8-12/h4-8,10H,9H2,1-3H3/b7-5+. The molecule has 2 aromatic rings. The molecule has 1 aromatic heterocycles. The molecule has 1 aromatic carbocycles. The number of aryl methyl sites for hydroxylation is 1. The van der Waals surface area contributed by atoms with Crippen molar-refractivity contribution >= 4 is 23.5 Å². The number of halogens is 3. The van der Waals surface area contributed by atoms with Crippen LogP contribution in [0.5, 0.6) is 0 Å². The van der Waals surface area contributed by atoms with E-state index in [2.05, 4.69) is 18.9 Å². The van der Waals surface area contributed by atoms with Gasteiger partial charge in [-0.1, -0.05) is 25.4 Å². The fourth-order valence-electron chi connectivity index (χ4n) is 2.13. The number of allylic oxidation sites excluding steroid dienone is 1. The van der Waals surface area contributed by atoms with E-state index in [-0.39, 0.29) is 5.56 Å². The molecule has 0 aliphatic rings. The van der Waals surface area contributed by atoms with E-state index in [1.165, 1.54) is 12.1 Å². The highest BCUT2D eigenvalue weighted by Gasteiger charge is 2.13. The average Bonchev–Trinajstić information content (AvgIpc) is 2.73. The third-order valence-electron chi connectivity index (χ3n) is 3.25. The van der Waals surface area contributed by atoms with Crippen LogP contribution in [0.4, 0.5) is 8.78 Å². The van der Waals surface area contributed by atoms with Gasteiger partial charge in [0.1, 0.15) is 5.15 Å². The quantitative estimate of drug-likeness (QED) is 0.586. The summed E-state index contributed by atoms with van der Waals surface area (Å²) >= 11 is 6.28. The molecule has 0 radical (unpaired) electrons. The van der Waals surface area contributed by atoms with E-state index in [0.29, 0.717) is 28.9 Å². The molecular formula is C17H17ClF2N2O. The molecule has 0 saturated heterocycles. The first-order chi connectivity index (χ1) is 10.8. The summed E-state index contributed by atoms with van der Waals surface area (Å²) in [6, 6.07) is 3.04. The van der Waals surface area contributed by atoms with Gasteiger partial charge in [-0.15, -0.1) is 0 Å². The van der Waals surface area contributed by atoms with Crippen LogP contribution in [0, 0.1) is 24.5 Å². The molecule has 0 fully saturated rings. The normalized spacial score (nSPS) is 11.6. The highest BCUT2D eigenvalue weighted by Crippen LogP contribution is 2.22. The number of benzene rings is 1. The van der Waals surface area contributed by atoms with Gasteiger partial charge in [0.05, 0.1) is 5.69 Å². The third-order valence-corrected chi connectivity index (χ3v) is 3.65. The van der Waals surface area contributed by atoms with E-state index < -0.39 is 17.4 Å². The van der Waals surface area contributed by atoms with Crippen molar-refractivity contribution in [2.24, 2.45) is 5.92 Å². The molecule has 2 rings (SSSR count). The average molecular weight is 339 g/mol. The van der Waals surface area contributed by atoms with Gasteiger partial charge in [0.15, 0.2) is 17.4 Å². The minimum absolute atomic E-state index is 0.0727. The van der Waals surface area contributed by atoms with Crippen molar-refractivity contribution in [1.29, 1.82) is 0 Å². The topological polar surface area (TPSA) is 34.9 Å². The molecule has 0 aliphatic heterocycles. The molecule has 0 amide bonds. The van der Waals surface area contributed by atoms with Crippen LogP contribution in [-0.4, -0.2) is 15.6 Å². The van der Waals surface area contributed by atoms with Crippen LogP contribution in [-0.2, 0) is 6.54 Å². The van der Waals surface area contributed by atoms with Gasteiger partial charge in [-0.3, -0.25) is 9.48 Å². The summed E-state index contributed by atoms with van der Waals surface area (Å²) < 4.78 is 27.7. The number of hydrogen-bond donors (Lipinski definition) is 0. The second kappa shape index (κ2) is 7.04. The Labute approximate surface area is 138 Å². The highest BCUT2D eigenvalue weighted by molar-refractivity contribution is 6.31. The Morgan fingerprint density at radius 2 is 2.04 bits per heavy atom. The number of aromatic nitrogens is 2. The second-order valence-corrected chi connectivity index (χ2v) is 6.05. The predicted octanol–water partition coefficient (Wildman–Crippen LogP) is 4.68. The molecule has 3 nitrogen and oxygen atoms in total. The molecule has 122 valence electrons. The molecule has 0 aliphatic carbocycles. The molecule has 23 heavy (non-hydrogen) atoms. The Hall–Kier alpha value is -2.01. The fourth-order valence-corrected chi connectivity index (χ4v) is 2.43. The van der Waals surface area contributed by atoms with Crippen LogP contribution < -0.4 is 0 Å².